The van der Waals surface area contributed by atoms with Gasteiger partial charge in [0.05, 0.1) is 5.57 Å². The Morgan fingerprint density at radius 3 is 2.18 bits per heavy atom. The monoisotopic (exact) mass is 554 g/mol. The molecule has 0 heterocycles. The fourth-order valence-electron chi connectivity index (χ4n) is 3.46. The quantitative estimate of drug-likeness (QED) is 0.116. The second-order valence-electron chi connectivity index (χ2n) is 9.50. The summed E-state index contributed by atoms with van der Waals surface area (Å²) in [6, 6.07) is 18.2. The van der Waals surface area contributed by atoms with Crippen LogP contribution in [0.15, 0.2) is 119 Å². The van der Waals surface area contributed by atoms with Crippen molar-refractivity contribution in [2.24, 2.45) is 4.99 Å². The molecule has 2 rings (SSSR count). The number of hydrogen-bond acceptors (Lipinski definition) is 4. The molecule has 0 radical (unpaired) electrons. The summed E-state index contributed by atoms with van der Waals surface area (Å²) in [5.41, 5.74) is 1.79. The van der Waals surface area contributed by atoms with Crippen molar-refractivity contribution in [2.75, 3.05) is 6.54 Å². The Kier molecular flexibility index (Phi) is 12.6. The number of allylic oxidation sites excluding steroid dienone is 7. The highest BCUT2D eigenvalue weighted by Crippen LogP contribution is 2.26. The number of nitrogens with zero attached hydrogens (tertiary/aromatic N) is 2. The SMILES string of the molecule is C=CC(C)(C)Oc1ccc(CN(C/C(S)=C(C)/N=C/C=C/C=C(\C=C/C)C(F)(F)F)Cc2ccccc2)cc1. The van der Waals surface area contributed by atoms with Crippen LogP contribution in [-0.2, 0) is 13.1 Å². The van der Waals surface area contributed by atoms with Gasteiger partial charge in [0, 0.05) is 36.5 Å². The van der Waals surface area contributed by atoms with Gasteiger partial charge in [-0.1, -0.05) is 67.3 Å². The number of alkyl halides is 3. The van der Waals surface area contributed by atoms with E-state index in [1.54, 1.807) is 13.0 Å². The van der Waals surface area contributed by atoms with Crippen LogP contribution in [0.5, 0.6) is 5.75 Å². The van der Waals surface area contributed by atoms with Crippen molar-refractivity contribution < 1.29 is 17.9 Å². The largest absolute Gasteiger partial charge is 0.484 e. The van der Waals surface area contributed by atoms with Crippen LogP contribution < -0.4 is 4.74 Å². The van der Waals surface area contributed by atoms with Crippen molar-refractivity contribution in [3.8, 4) is 5.75 Å². The number of hydrogen-bond donors (Lipinski definition) is 1. The maximum atomic E-state index is 13.0. The van der Waals surface area contributed by atoms with Crippen LogP contribution in [0.25, 0.3) is 0 Å². The summed E-state index contributed by atoms with van der Waals surface area (Å²) in [6.07, 6.45) is 5.03. The van der Waals surface area contributed by atoms with Gasteiger partial charge in [0.2, 0.25) is 0 Å². The molecular formula is C32H37F3N2OS. The Labute approximate surface area is 236 Å². The fourth-order valence-corrected chi connectivity index (χ4v) is 3.72. The molecule has 0 aliphatic carbocycles. The van der Waals surface area contributed by atoms with E-state index in [0.717, 1.165) is 28.4 Å². The van der Waals surface area contributed by atoms with E-state index in [1.807, 2.05) is 63.2 Å². The molecule has 0 aromatic heterocycles. The number of thiol groups is 1. The molecule has 0 N–H and O–H groups in total. The van der Waals surface area contributed by atoms with Crippen LogP contribution in [0.3, 0.4) is 0 Å². The zero-order valence-electron chi connectivity index (χ0n) is 22.9. The van der Waals surface area contributed by atoms with Crippen molar-refractivity contribution in [3.63, 3.8) is 0 Å². The zero-order chi connectivity index (χ0) is 28.9. The first-order valence-electron chi connectivity index (χ1n) is 12.6. The molecule has 0 amide bonds. The minimum absolute atomic E-state index is 0.455. The molecule has 0 aliphatic rings. The molecule has 39 heavy (non-hydrogen) atoms. The highest BCUT2D eigenvalue weighted by molar-refractivity contribution is 7.84. The van der Waals surface area contributed by atoms with Crippen LogP contribution in [0, 0.1) is 0 Å². The smallest absolute Gasteiger partial charge is 0.416 e. The Balaban J connectivity index is 2.16. The first-order chi connectivity index (χ1) is 18.4. The Bertz CT molecular complexity index is 1210. The van der Waals surface area contributed by atoms with E-state index in [1.165, 1.54) is 30.0 Å². The summed E-state index contributed by atoms with van der Waals surface area (Å²) < 4.78 is 44.9. The first kappa shape index (κ1) is 31.9. The molecule has 0 saturated heterocycles. The maximum absolute atomic E-state index is 13.0. The molecule has 0 saturated carbocycles. The molecule has 0 bridgehead atoms. The Morgan fingerprint density at radius 2 is 1.62 bits per heavy atom. The van der Waals surface area contributed by atoms with Crippen LogP contribution in [-0.4, -0.2) is 29.4 Å². The Hall–Kier alpha value is -3.29. The van der Waals surface area contributed by atoms with Crippen LogP contribution in [0.2, 0.25) is 0 Å². The van der Waals surface area contributed by atoms with Gasteiger partial charge < -0.3 is 4.74 Å². The van der Waals surface area contributed by atoms with E-state index >= 15 is 0 Å². The summed E-state index contributed by atoms with van der Waals surface area (Å²) in [4.78, 5) is 7.38. The second kappa shape index (κ2) is 15.3. The molecule has 2 aromatic carbocycles. The first-order valence-corrected chi connectivity index (χ1v) is 13.1. The number of halogens is 3. The van der Waals surface area contributed by atoms with Crippen LogP contribution in [0.4, 0.5) is 13.2 Å². The van der Waals surface area contributed by atoms with E-state index in [-0.39, 0.29) is 0 Å². The van der Waals surface area contributed by atoms with E-state index in [9.17, 15) is 13.2 Å². The highest BCUT2D eigenvalue weighted by atomic mass is 32.1. The van der Waals surface area contributed by atoms with Gasteiger partial charge in [-0.2, -0.15) is 13.2 Å². The lowest BCUT2D eigenvalue weighted by Crippen LogP contribution is -2.25. The summed E-state index contributed by atoms with van der Waals surface area (Å²) in [6.45, 7) is 13.0. The average Bonchev–Trinajstić information content (AvgIpc) is 2.88. The molecule has 3 nitrogen and oxygen atoms in total. The van der Waals surface area contributed by atoms with Crippen molar-refractivity contribution in [1.82, 2.24) is 4.90 Å². The van der Waals surface area contributed by atoms with Gasteiger partial charge in [-0.25, -0.2) is 0 Å². The van der Waals surface area contributed by atoms with Gasteiger partial charge in [-0.3, -0.25) is 9.89 Å². The summed E-state index contributed by atoms with van der Waals surface area (Å²) in [7, 11) is 0. The van der Waals surface area contributed by atoms with E-state index in [0.29, 0.717) is 25.3 Å². The molecule has 208 valence electrons. The summed E-state index contributed by atoms with van der Waals surface area (Å²) >= 11 is 4.70. The zero-order valence-corrected chi connectivity index (χ0v) is 23.8. The molecule has 0 atom stereocenters. The minimum atomic E-state index is -4.40. The second-order valence-corrected chi connectivity index (χ2v) is 10.0. The molecule has 2 aromatic rings. The fraction of sp³-hybridized carbons (Fsp3) is 0.281. The standard InChI is InChI=1S/C32H37F3N2OS/c1-6-13-28(32(33,34)35)16-11-12-21-36-25(3)30(39)24-37(22-26-14-9-8-10-15-26)23-27-17-19-29(20-18-27)38-31(4,5)7-2/h6-21,39H,2,22-24H2,1,3-5H3/b12-11+,13-6-,28-16+,30-25-,36-21+. The van der Waals surface area contributed by atoms with Gasteiger partial charge in [-0.15, -0.1) is 12.6 Å². The predicted molar refractivity (Wildman–Crippen MR) is 160 cm³/mol. The molecular weight excluding hydrogens is 517 g/mol. The van der Waals surface area contributed by atoms with Crippen molar-refractivity contribution in [1.29, 1.82) is 0 Å². The van der Waals surface area contributed by atoms with Crippen molar-refractivity contribution in [2.45, 2.75) is 52.6 Å². The van der Waals surface area contributed by atoms with E-state index < -0.39 is 17.4 Å². The summed E-state index contributed by atoms with van der Waals surface area (Å²) in [5.74, 6) is 0.772. The molecule has 0 unspecified atom stereocenters. The Morgan fingerprint density at radius 1 is 1.00 bits per heavy atom. The number of ether oxygens (including phenoxy) is 1. The normalized spacial score (nSPS) is 14.0. The highest BCUT2D eigenvalue weighted by Gasteiger charge is 2.30. The third-order valence-electron chi connectivity index (χ3n) is 5.66. The van der Waals surface area contributed by atoms with Gasteiger partial charge in [0.15, 0.2) is 0 Å². The lowest BCUT2D eigenvalue weighted by molar-refractivity contribution is -0.0881. The summed E-state index contributed by atoms with van der Waals surface area (Å²) in [5, 5.41) is 0. The van der Waals surface area contributed by atoms with Gasteiger partial charge >= 0.3 is 6.18 Å². The topological polar surface area (TPSA) is 24.8 Å². The van der Waals surface area contributed by atoms with Gasteiger partial charge in [0.1, 0.15) is 11.4 Å². The lowest BCUT2D eigenvalue weighted by atomic mass is 10.1. The van der Waals surface area contributed by atoms with Crippen molar-refractivity contribution >= 4 is 18.8 Å². The average molecular weight is 555 g/mol. The third kappa shape index (κ3) is 12.0. The number of rotatable bonds is 13. The number of benzene rings is 2. The van der Waals surface area contributed by atoms with Crippen LogP contribution >= 0.6 is 12.6 Å². The van der Waals surface area contributed by atoms with Gasteiger partial charge in [-0.05, 0) is 69.2 Å². The van der Waals surface area contributed by atoms with Gasteiger partial charge in [0.25, 0.3) is 0 Å². The molecule has 0 spiro atoms. The lowest BCUT2D eigenvalue weighted by Gasteiger charge is -2.24. The molecule has 0 fully saturated rings. The third-order valence-corrected chi connectivity index (χ3v) is 6.12. The van der Waals surface area contributed by atoms with E-state index in [2.05, 4.69) is 28.6 Å². The van der Waals surface area contributed by atoms with Crippen LogP contribution in [0.1, 0.15) is 38.8 Å². The predicted octanol–water partition coefficient (Wildman–Crippen LogP) is 8.89. The van der Waals surface area contributed by atoms with Crippen molar-refractivity contribution in [3.05, 3.63) is 125 Å². The molecule has 7 heteroatoms. The molecule has 0 aliphatic heterocycles. The maximum Gasteiger partial charge on any atom is 0.416 e. The van der Waals surface area contributed by atoms with E-state index in [4.69, 9.17) is 17.4 Å². The number of aliphatic imine (C=N–C) groups is 1. The minimum Gasteiger partial charge on any atom is -0.484 e.